The average molecular weight is 615 g/mol. The summed E-state index contributed by atoms with van der Waals surface area (Å²) in [5, 5.41) is 6.09. The Labute approximate surface area is 229 Å². The van der Waals surface area contributed by atoms with Crippen molar-refractivity contribution in [3.05, 3.63) is 59.2 Å². The first-order valence-corrected chi connectivity index (χ1v) is 10.6. The van der Waals surface area contributed by atoms with Gasteiger partial charge in [0.05, 0.1) is 0 Å². The molecular weight excluding hydrogens is 588 g/mol. The maximum absolute atomic E-state index is 13.4. The van der Waals surface area contributed by atoms with Gasteiger partial charge >= 0.3 is 0 Å². The Balaban J connectivity index is -0.000000453. The van der Waals surface area contributed by atoms with Gasteiger partial charge in [0.1, 0.15) is 23.0 Å². The molecule has 2 aromatic rings. The maximum Gasteiger partial charge on any atom is 0.152 e. The van der Waals surface area contributed by atoms with Gasteiger partial charge < -0.3 is 21.3 Å². The number of nitrogens with one attached hydrogen (secondary N) is 2. The number of benzene rings is 2. The number of anilines is 2. The molecule has 15 heteroatoms. The zero-order valence-corrected chi connectivity index (χ0v) is 22.2. The molecule has 35 heavy (non-hydrogen) atoms. The van der Waals surface area contributed by atoms with Gasteiger partial charge in [-0.1, -0.05) is 0 Å². The molecule has 0 aromatic heterocycles. The third-order valence-electron chi connectivity index (χ3n) is 4.00. The molecule has 1 fully saturated rings. The third kappa shape index (κ3) is 14.3. The summed E-state index contributed by atoms with van der Waals surface area (Å²) in [5.41, 5.74) is 4.06. The molecule has 0 saturated carbocycles. The standard InChI is InChI=1S/C10H11F3N2.C6H4F3N.C4H9Cl2N.3ClH/c11-7-5-8(12)10(9(13)6-7)15-3-1-14-2-4-15;7-3-1-4(8)6(10)5(9)2-3;5-1-3-7-4-2-6;;;/h5-6,14H,1-4H2;1-2H,10H2;7H,1-4H2;3*1H. The third-order valence-corrected chi connectivity index (χ3v) is 4.38. The van der Waals surface area contributed by atoms with Crippen LogP contribution in [0.3, 0.4) is 0 Å². The number of nitrogens with two attached hydrogens (primary N) is 1. The Hall–Kier alpha value is -1.01. The van der Waals surface area contributed by atoms with Gasteiger partial charge in [0.15, 0.2) is 23.3 Å². The van der Waals surface area contributed by atoms with Gasteiger partial charge in [-0.05, 0) is 0 Å². The molecule has 2 aromatic carbocycles. The fourth-order valence-electron chi connectivity index (χ4n) is 2.54. The lowest BCUT2D eigenvalue weighted by atomic mass is 10.2. The lowest BCUT2D eigenvalue weighted by molar-refractivity contribution is 0.519. The van der Waals surface area contributed by atoms with Crippen molar-refractivity contribution in [3.8, 4) is 0 Å². The van der Waals surface area contributed by atoms with Crippen molar-refractivity contribution >= 4 is 71.8 Å². The lowest BCUT2D eigenvalue weighted by Crippen LogP contribution is -2.44. The summed E-state index contributed by atoms with van der Waals surface area (Å²) in [4.78, 5) is 1.58. The summed E-state index contributed by atoms with van der Waals surface area (Å²) >= 11 is 10.7. The van der Waals surface area contributed by atoms with E-state index >= 15 is 0 Å². The number of rotatable bonds is 5. The van der Waals surface area contributed by atoms with Gasteiger partial charge in [0, 0.05) is 75.3 Å². The first kappa shape index (κ1) is 38.5. The number of alkyl halides is 2. The molecule has 0 spiro atoms. The van der Waals surface area contributed by atoms with Crippen molar-refractivity contribution in [2.75, 3.05) is 61.7 Å². The molecule has 3 rings (SSSR count). The molecule has 1 heterocycles. The smallest absolute Gasteiger partial charge is 0.152 e. The summed E-state index contributed by atoms with van der Waals surface area (Å²) in [6, 6.07) is 2.47. The summed E-state index contributed by atoms with van der Waals surface area (Å²) < 4.78 is 75.9. The number of nitrogens with zero attached hydrogens (tertiary/aromatic N) is 1. The van der Waals surface area contributed by atoms with Crippen molar-refractivity contribution in [3.63, 3.8) is 0 Å². The Morgan fingerprint density at radius 3 is 1.49 bits per heavy atom. The van der Waals surface area contributed by atoms with Gasteiger partial charge in [-0.15, -0.1) is 60.4 Å². The molecule has 1 aliphatic heterocycles. The van der Waals surface area contributed by atoms with E-state index in [0.717, 1.165) is 13.1 Å². The number of piperazine rings is 1. The van der Waals surface area contributed by atoms with Gasteiger partial charge in [-0.2, -0.15) is 0 Å². The van der Waals surface area contributed by atoms with Crippen molar-refractivity contribution < 1.29 is 26.3 Å². The van der Waals surface area contributed by atoms with E-state index in [9.17, 15) is 26.3 Å². The highest BCUT2D eigenvalue weighted by Crippen LogP contribution is 2.24. The zero-order valence-electron chi connectivity index (χ0n) is 18.2. The van der Waals surface area contributed by atoms with Gasteiger partial charge in [-0.3, -0.25) is 0 Å². The van der Waals surface area contributed by atoms with Crippen LogP contribution in [0, 0.1) is 34.9 Å². The lowest BCUT2D eigenvalue weighted by Gasteiger charge is -2.29. The highest BCUT2D eigenvalue weighted by atomic mass is 35.5. The molecule has 4 nitrogen and oxygen atoms in total. The van der Waals surface area contributed by atoms with E-state index in [-0.39, 0.29) is 42.9 Å². The van der Waals surface area contributed by atoms with Crippen LogP contribution in [-0.4, -0.2) is 51.0 Å². The fraction of sp³-hybridized carbons (Fsp3) is 0.400. The largest absolute Gasteiger partial charge is 0.394 e. The molecular formula is C20H27Cl5F6N4. The number of nitrogen functional groups attached to an aromatic ring is 1. The van der Waals surface area contributed by atoms with E-state index in [2.05, 4.69) is 10.6 Å². The molecule has 1 aliphatic rings. The summed E-state index contributed by atoms with van der Waals surface area (Å²) in [6.45, 7) is 4.12. The van der Waals surface area contributed by atoms with E-state index in [1.54, 1.807) is 4.90 Å². The normalized spacial score (nSPS) is 11.9. The van der Waals surface area contributed by atoms with Crippen LogP contribution in [0.2, 0.25) is 0 Å². The second-order valence-electron chi connectivity index (χ2n) is 6.37. The molecule has 0 radical (unpaired) electrons. The molecule has 0 aliphatic carbocycles. The van der Waals surface area contributed by atoms with Crippen LogP contribution in [0.1, 0.15) is 0 Å². The molecule has 0 unspecified atom stereocenters. The van der Waals surface area contributed by atoms with E-state index in [1.807, 2.05) is 0 Å². The van der Waals surface area contributed by atoms with Crippen molar-refractivity contribution in [2.45, 2.75) is 0 Å². The predicted molar refractivity (Wildman–Crippen MR) is 138 cm³/mol. The van der Waals surface area contributed by atoms with Crippen LogP contribution < -0.4 is 21.3 Å². The van der Waals surface area contributed by atoms with E-state index in [4.69, 9.17) is 28.9 Å². The number of hydrogen-bond donors (Lipinski definition) is 3. The van der Waals surface area contributed by atoms with Crippen LogP contribution >= 0.6 is 60.4 Å². The Morgan fingerprint density at radius 2 is 1.11 bits per heavy atom. The van der Waals surface area contributed by atoms with Gasteiger partial charge in [-0.25, -0.2) is 26.3 Å². The quantitative estimate of drug-likeness (QED) is 0.180. The van der Waals surface area contributed by atoms with E-state index in [1.165, 1.54) is 0 Å². The summed E-state index contributed by atoms with van der Waals surface area (Å²) in [5.74, 6) is -4.35. The highest BCUT2D eigenvalue weighted by molar-refractivity contribution is 6.18. The van der Waals surface area contributed by atoms with Crippen molar-refractivity contribution in [1.82, 2.24) is 10.6 Å². The minimum atomic E-state index is -1.07. The molecule has 1 saturated heterocycles. The van der Waals surface area contributed by atoms with Crippen LogP contribution in [-0.2, 0) is 0 Å². The topological polar surface area (TPSA) is 53.3 Å². The molecule has 0 amide bonds. The Bertz CT molecular complexity index is 798. The van der Waals surface area contributed by atoms with Crippen LogP contribution in [0.15, 0.2) is 24.3 Å². The maximum atomic E-state index is 13.4. The minimum Gasteiger partial charge on any atom is -0.394 e. The molecule has 4 N–H and O–H groups in total. The number of halogens is 11. The molecule has 0 atom stereocenters. The van der Waals surface area contributed by atoms with E-state index in [0.29, 0.717) is 62.2 Å². The first-order valence-electron chi connectivity index (χ1n) is 9.54. The number of hydrogen-bond acceptors (Lipinski definition) is 4. The van der Waals surface area contributed by atoms with Crippen molar-refractivity contribution in [1.29, 1.82) is 0 Å². The van der Waals surface area contributed by atoms with Crippen LogP contribution in [0.25, 0.3) is 0 Å². The highest BCUT2D eigenvalue weighted by Gasteiger charge is 2.19. The average Bonchev–Trinajstić information content (AvgIpc) is 2.73. The predicted octanol–water partition coefficient (Wildman–Crippen LogP) is 5.52. The minimum absolute atomic E-state index is 0. The SMILES string of the molecule is Cl.Cl.Cl.ClCCNCCCl.Fc1cc(F)c(N2CCNCC2)c(F)c1.Nc1c(F)cc(F)cc1F. The van der Waals surface area contributed by atoms with Crippen LogP contribution in [0.4, 0.5) is 37.7 Å². The first-order chi connectivity index (χ1) is 15.2. The summed E-state index contributed by atoms with van der Waals surface area (Å²) in [7, 11) is 0. The summed E-state index contributed by atoms with van der Waals surface area (Å²) in [6.07, 6.45) is 0. The van der Waals surface area contributed by atoms with Crippen LogP contribution in [0.5, 0.6) is 0 Å². The van der Waals surface area contributed by atoms with E-state index < -0.39 is 40.6 Å². The second-order valence-corrected chi connectivity index (χ2v) is 7.12. The fourth-order valence-corrected chi connectivity index (χ4v) is 2.80. The van der Waals surface area contributed by atoms with Gasteiger partial charge in [0.2, 0.25) is 0 Å². The zero-order chi connectivity index (χ0) is 24.1. The monoisotopic (exact) mass is 612 g/mol. The van der Waals surface area contributed by atoms with Gasteiger partial charge in [0.25, 0.3) is 0 Å². The Morgan fingerprint density at radius 1 is 0.743 bits per heavy atom. The van der Waals surface area contributed by atoms with Crippen molar-refractivity contribution in [2.24, 2.45) is 0 Å². The second kappa shape index (κ2) is 21.1. The Kier molecular flexibility index (Phi) is 23.2. The molecule has 204 valence electrons. The molecule has 0 bridgehead atoms.